The molecule has 2 amide bonds. The third-order valence-electron chi connectivity index (χ3n) is 3.65. The highest BCUT2D eigenvalue weighted by atomic mass is 16.5. The van der Waals surface area contributed by atoms with Crippen LogP contribution in [0.2, 0.25) is 0 Å². The second-order valence-corrected chi connectivity index (χ2v) is 5.40. The lowest BCUT2D eigenvalue weighted by Gasteiger charge is -2.12. The molecule has 0 atom stereocenters. The van der Waals surface area contributed by atoms with E-state index < -0.39 is 5.91 Å². The lowest BCUT2D eigenvalue weighted by Crippen LogP contribution is -2.42. The maximum atomic E-state index is 12.2. The number of methoxy groups -OCH3 is 1. The van der Waals surface area contributed by atoms with Gasteiger partial charge in [-0.25, -0.2) is 0 Å². The lowest BCUT2D eigenvalue weighted by atomic mass is 10.1. The fourth-order valence-electron chi connectivity index (χ4n) is 2.31. The lowest BCUT2D eigenvalue weighted by molar-refractivity contribution is -0.121. The van der Waals surface area contributed by atoms with Gasteiger partial charge in [-0.2, -0.15) is 0 Å². The predicted octanol–water partition coefficient (Wildman–Crippen LogP) is 2.41. The molecule has 2 aromatic rings. The van der Waals surface area contributed by atoms with Gasteiger partial charge in [0.05, 0.1) is 20.1 Å². The van der Waals surface area contributed by atoms with E-state index in [1.807, 2.05) is 38.1 Å². The number of ether oxygens (including phenoxy) is 2. The van der Waals surface area contributed by atoms with Crippen LogP contribution in [0.1, 0.15) is 28.4 Å². The van der Waals surface area contributed by atoms with Crippen LogP contribution in [0.4, 0.5) is 0 Å². The Morgan fingerprint density at radius 1 is 1.04 bits per heavy atom. The highest BCUT2D eigenvalue weighted by molar-refractivity contribution is 5.96. The van der Waals surface area contributed by atoms with Crippen molar-refractivity contribution in [1.82, 2.24) is 10.9 Å². The number of benzene rings is 2. The molecule has 6 nitrogen and oxygen atoms in total. The molecule has 2 rings (SSSR count). The number of nitrogens with one attached hydrogen (secondary N) is 2. The zero-order valence-corrected chi connectivity index (χ0v) is 14.6. The molecule has 0 aromatic heterocycles. The van der Waals surface area contributed by atoms with Gasteiger partial charge in [-0.05, 0) is 43.2 Å². The zero-order chi connectivity index (χ0) is 18.2. The number of amides is 2. The molecule has 0 aliphatic rings. The molecule has 0 spiro atoms. The van der Waals surface area contributed by atoms with E-state index in [1.165, 1.54) is 7.11 Å². The maximum absolute atomic E-state index is 12.2. The molecule has 0 fully saturated rings. The first kappa shape index (κ1) is 18.3. The second-order valence-electron chi connectivity index (χ2n) is 5.40. The SMILES string of the molecule is CCOc1ccc(C(=O)NNC(=O)Cc2ccccc2C)cc1OC. The molecule has 0 saturated heterocycles. The Bertz CT molecular complexity index is 759. The van der Waals surface area contributed by atoms with Gasteiger partial charge in [-0.3, -0.25) is 20.4 Å². The Kier molecular flexibility index (Phi) is 6.39. The van der Waals surface area contributed by atoms with Gasteiger partial charge < -0.3 is 9.47 Å². The second kappa shape index (κ2) is 8.73. The van der Waals surface area contributed by atoms with Gasteiger partial charge in [0.15, 0.2) is 11.5 Å². The highest BCUT2D eigenvalue weighted by Crippen LogP contribution is 2.27. The number of rotatable bonds is 6. The predicted molar refractivity (Wildman–Crippen MR) is 94.7 cm³/mol. The summed E-state index contributed by atoms with van der Waals surface area (Å²) in [4.78, 5) is 24.2. The van der Waals surface area contributed by atoms with Crippen LogP contribution in [-0.2, 0) is 11.2 Å². The maximum Gasteiger partial charge on any atom is 0.269 e. The van der Waals surface area contributed by atoms with Crippen molar-refractivity contribution in [3.05, 3.63) is 59.2 Å². The first-order chi connectivity index (χ1) is 12.0. The molecule has 0 aliphatic heterocycles. The molecule has 0 radical (unpaired) electrons. The number of hydrazine groups is 1. The van der Waals surface area contributed by atoms with E-state index in [0.29, 0.717) is 23.7 Å². The molecule has 0 bridgehead atoms. The zero-order valence-electron chi connectivity index (χ0n) is 14.6. The average molecular weight is 342 g/mol. The summed E-state index contributed by atoms with van der Waals surface area (Å²) in [6, 6.07) is 12.4. The van der Waals surface area contributed by atoms with Crippen LogP contribution in [0.3, 0.4) is 0 Å². The molecule has 0 unspecified atom stereocenters. The van der Waals surface area contributed by atoms with Crippen LogP contribution in [0.15, 0.2) is 42.5 Å². The molecule has 6 heteroatoms. The fourth-order valence-corrected chi connectivity index (χ4v) is 2.31. The molecular formula is C19H22N2O4. The van der Waals surface area contributed by atoms with Crippen molar-refractivity contribution in [3.63, 3.8) is 0 Å². The molecular weight excluding hydrogens is 320 g/mol. The van der Waals surface area contributed by atoms with E-state index in [0.717, 1.165) is 11.1 Å². The van der Waals surface area contributed by atoms with E-state index in [4.69, 9.17) is 9.47 Å². The molecule has 132 valence electrons. The number of carbonyl (C=O) groups is 2. The van der Waals surface area contributed by atoms with Crippen LogP contribution in [0.5, 0.6) is 11.5 Å². The van der Waals surface area contributed by atoms with Gasteiger partial charge in [0, 0.05) is 5.56 Å². The van der Waals surface area contributed by atoms with Gasteiger partial charge in [-0.1, -0.05) is 24.3 Å². The minimum absolute atomic E-state index is 0.194. The number of hydrogen-bond acceptors (Lipinski definition) is 4. The van der Waals surface area contributed by atoms with Gasteiger partial charge in [0.25, 0.3) is 5.91 Å². The quantitative estimate of drug-likeness (QED) is 0.791. The van der Waals surface area contributed by atoms with Crippen LogP contribution in [0, 0.1) is 6.92 Å². The van der Waals surface area contributed by atoms with Crippen LogP contribution in [0.25, 0.3) is 0 Å². The number of carbonyl (C=O) groups excluding carboxylic acids is 2. The molecule has 0 aliphatic carbocycles. The van der Waals surface area contributed by atoms with Gasteiger partial charge in [-0.15, -0.1) is 0 Å². The third-order valence-corrected chi connectivity index (χ3v) is 3.65. The first-order valence-electron chi connectivity index (χ1n) is 7.99. The smallest absolute Gasteiger partial charge is 0.269 e. The fraction of sp³-hybridized carbons (Fsp3) is 0.263. The molecule has 0 saturated carbocycles. The van der Waals surface area contributed by atoms with Crippen molar-refractivity contribution in [2.75, 3.05) is 13.7 Å². The summed E-state index contributed by atoms with van der Waals surface area (Å²) in [5, 5.41) is 0. The molecule has 2 N–H and O–H groups in total. The van der Waals surface area contributed by atoms with E-state index in [-0.39, 0.29) is 12.3 Å². The van der Waals surface area contributed by atoms with Crippen molar-refractivity contribution in [1.29, 1.82) is 0 Å². The Morgan fingerprint density at radius 3 is 2.48 bits per heavy atom. The average Bonchev–Trinajstić information content (AvgIpc) is 2.62. The standard InChI is InChI=1S/C19H22N2O4/c1-4-25-16-10-9-15(11-17(16)24-3)19(23)21-20-18(22)12-14-8-6-5-7-13(14)2/h5-11H,4,12H2,1-3H3,(H,20,22)(H,21,23). The minimum atomic E-state index is -0.431. The van der Waals surface area contributed by atoms with Crippen molar-refractivity contribution in [2.24, 2.45) is 0 Å². The molecule has 25 heavy (non-hydrogen) atoms. The van der Waals surface area contributed by atoms with Gasteiger partial charge >= 0.3 is 0 Å². The summed E-state index contributed by atoms with van der Waals surface area (Å²) >= 11 is 0. The van der Waals surface area contributed by atoms with Crippen LogP contribution < -0.4 is 20.3 Å². The van der Waals surface area contributed by atoms with Crippen molar-refractivity contribution < 1.29 is 19.1 Å². The summed E-state index contributed by atoms with van der Waals surface area (Å²) in [6.45, 7) is 4.30. The van der Waals surface area contributed by atoms with Crippen LogP contribution >= 0.6 is 0 Å². The third kappa shape index (κ3) is 4.97. The van der Waals surface area contributed by atoms with E-state index in [2.05, 4.69) is 10.9 Å². The van der Waals surface area contributed by atoms with E-state index in [1.54, 1.807) is 18.2 Å². The Labute approximate surface area is 147 Å². The molecule has 2 aromatic carbocycles. The van der Waals surface area contributed by atoms with Gasteiger partial charge in [0.1, 0.15) is 0 Å². The number of aryl methyl sites for hydroxylation is 1. The summed E-state index contributed by atoms with van der Waals surface area (Å²) < 4.78 is 10.6. The van der Waals surface area contributed by atoms with Crippen molar-refractivity contribution in [2.45, 2.75) is 20.3 Å². The molecule has 0 heterocycles. The van der Waals surface area contributed by atoms with Crippen molar-refractivity contribution in [3.8, 4) is 11.5 Å². The largest absolute Gasteiger partial charge is 0.493 e. The summed E-state index contributed by atoms with van der Waals surface area (Å²) in [7, 11) is 1.50. The monoisotopic (exact) mass is 342 g/mol. The summed E-state index contributed by atoms with van der Waals surface area (Å²) in [5.74, 6) is 0.297. The van der Waals surface area contributed by atoms with Crippen molar-refractivity contribution >= 4 is 11.8 Å². The van der Waals surface area contributed by atoms with Crippen LogP contribution in [-0.4, -0.2) is 25.5 Å². The Hall–Kier alpha value is -3.02. The van der Waals surface area contributed by atoms with Gasteiger partial charge in [0.2, 0.25) is 5.91 Å². The van der Waals surface area contributed by atoms with E-state index in [9.17, 15) is 9.59 Å². The van der Waals surface area contributed by atoms with E-state index >= 15 is 0 Å². The number of hydrogen-bond donors (Lipinski definition) is 2. The Morgan fingerprint density at radius 2 is 1.80 bits per heavy atom. The summed E-state index contributed by atoms with van der Waals surface area (Å²) in [6.07, 6.45) is 0.194. The normalized spacial score (nSPS) is 10.0. The topological polar surface area (TPSA) is 76.7 Å². The highest BCUT2D eigenvalue weighted by Gasteiger charge is 2.12. The summed E-state index contributed by atoms with van der Waals surface area (Å²) in [5.41, 5.74) is 7.13. The minimum Gasteiger partial charge on any atom is -0.493 e. The Balaban J connectivity index is 1.95. The first-order valence-corrected chi connectivity index (χ1v) is 7.99.